The second kappa shape index (κ2) is 5.73. The lowest BCUT2D eigenvalue weighted by atomic mass is 10.1. The van der Waals surface area contributed by atoms with Crippen LogP contribution in [-0.4, -0.2) is 4.99 Å². The number of anilines is 2. The smallest absolute Gasteiger partial charge is 0.389 e. The lowest BCUT2D eigenvalue weighted by Crippen LogP contribution is -2.18. The number of rotatable bonds is 3. The number of halogens is 3. The van der Waals surface area contributed by atoms with Gasteiger partial charge in [0, 0.05) is 16.9 Å². The first-order valence-electron chi connectivity index (χ1n) is 6.12. The second-order valence-corrected chi connectivity index (χ2v) is 5.05. The van der Waals surface area contributed by atoms with Crippen LogP contribution in [0.25, 0.3) is 0 Å². The Bertz CT molecular complexity index is 664. The summed E-state index contributed by atoms with van der Waals surface area (Å²) < 4.78 is 39.1. The number of thiocarbonyl (C=S) groups is 1. The van der Waals surface area contributed by atoms with Gasteiger partial charge in [0.2, 0.25) is 0 Å². The Labute approximate surface area is 125 Å². The molecule has 0 saturated carbocycles. The largest absolute Gasteiger partial charge is 0.417 e. The Morgan fingerprint density at radius 1 is 1.05 bits per heavy atom. The summed E-state index contributed by atoms with van der Waals surface area (Å²) in [5, 5.41) is 2.93. The van der Waals surface area contributed by atoms with E-state index in [-0.39, 0.29) is 10.6 Å². The summed E-state index contributed by atoms with van der Waals surface area (Å²) >= 11 is 4.66. The van der Waals surface area contributed by atoms with Crippen LogP contribution in [0, 0.1) is 6.92 Å². The van der Waals surface area contributed by atoms with Crippen LogP contribution in [-0.2, 0) is 6.18 Å². The Morgan fingerprint density at radius 2 is 1.62 bits per heavy atom. The number of hydrogen-bond donors (Lipinski definition) is 2. The average molecular weight is 310 g/mol. The van der Waals surface area contributed by atoms with E-state index < -0.39 is 11.7 Å². The van der Waals surface area contributed by atoms with Gasteiger partial charge in [-0.25, -0.2) is 0 Å². The van der Waals surface area contributed by atoms with E-state index in [4.69, 9.17) is 5.73 Å². The van der Waals surface area contributed by atoms with Crippen LogP contribution in [0.1, 0.15) is 16.7 Å². The van der Waals surface area contributed by atoms with Crippen molar-refractivity contribution in [3.8, 4) is 0 Å². The summed E-state index contributed by atoms with van der Waals surface area (Å²) in [5.74, 6) is 0. The van der Waals surface area contributed by atoms with Crippen molar-refractivity contribution in [2.24, 2.45) is 5.73 Å². The van der Waals surface area contributed by atoms with Crippen LogP contribution in [0.5, 0.6) is 0 Å². The minimum absolute atomic E-state index is 0.174. The molecule has 2 nitrogen and oxygen atoms in total. The summed E-state index contributed by atoms with van der Waals surface area (Å²) in [6, 6.07) is 11.1. The van der Waals surface area contributed by atoms with Gasteiger partial charge in [-0.3, -0.25) is 0 Å². The third-order valence-electron chi connectivity index (χ3n) is 2.93. The third-order valence-corrected chi connectivity index (χ3v) is 3.15. The minimum atomic E-state index is -4.51. The Morgan fingerprint density at radius 3 is 2.14 bits per heavy atom. The molecule has 6 heteroatoms. The Balaban J connectivity index is 2.38. The van der Waals surface area contributed by atoms with Gasteiger partial charge in [-0.15, -0.1) is 0 Å². The number of nitrogens with two attached hydrogens (primary N) is 1. The van der Waals surface area contributed by atoms with Crippen molar-refractivity contribution in [3.63, 3.8) is 0 Å². The van der Waals surface area contributed by atoms with E-state index in [9.17, 15) is 13.2 Å². The van der Waals surface area contributed by atoms with Gasteiger partial charge >= 0.3 is 6.18 Å². The number of alkyl halides is 3. The van der Waals surface area contributed by atoms with E-state index in [0.717, 1.165) is 11.6 Å². The summed E-state index contributed by atoms with van der Waals surface area (Å²) in [6.45, 7) is 1.93. The number of nitrogens with one attached hydrogen (secondary N) is 1. The van der Waals surface area contributed by atoms with Crippen molar-refractivity contribution in [1.29, 1.82) is 0 Å². The van der Waals surface area contributed by atoms with Crippen LogP contribution >= 0.6 is 12.2 Å². The first-order chi connectivity index (χ1) is 9.77. The standard InChI is InChI=1S/C15H13F3N2S/c1-9-2-4-10(5-3-9)20-11-6-7-12(14(19)21)13(8-11)15(16,17)18/h2-8,20H,1H3,(H2,19,21). The van der Waals surface area contributed by atoms with Gasteiger partial charge in [-0.1, -0.05) is 29.9 Å². The summed E-state index contributed by atoms with van der Waals surface area (Å²) in [4.78, 5) is -0.274. The highest BCUT2D eigenvalue weighted by Crippen LogP contribution is 2.34. The third kappa shape index (κ3) is 3.72. The van der Waals surface area contributed by atoms with Crippen molar-refractivity contribution >= 4 is 28.6 Å². The molecule has 0 heterocycles. The molecule has 2 aromatic rings. The average Bonchev–Trinajstić information content (AvgIpc) is 2.40. The maximum Gasteiger partial charge on any atom is 0.417 e. The lowest BCUT2D eigenvalue weighted by Gasteiger charge is -2.15. The highest BCUT2D eigenvalue weighted by Gasteiger charge is 2.34. The normalized spacial score (nSPS) is 11.2. The zero-order chi connectivity index (χ0) is 15.6. The fourth-order valence-corrected chi connectivity index (χ4v) is 2.05. The molecule has 0 spiro atoms. The van der Waals surface area contributed by atoms with Crippen molar-refractivity contribution in [3.05, 3.63) is 59.2 Å². The van der Waals surface area contributed by atoms with Gasteiger partial charge < -0.3 is 11.1 Å². The van der Waals surface area contributed by atoms with E-state index in [1.165, 1.54) is 12.1 Å². The van der Waals surface area contributed by atoms with E-state index in [1.807, 2.05) is 19.1 Å². The molecule has 2 aromatic carbocycles. The molecule has 0 bridgehead atoms. The molecule has 2 rings (SSSR count). The SMILES string of the molecule is Cc1ccc(Nc2ccc(C(N)=S)c(C(F)(F)F)c2)cc1. The molecule has 0 aliphatic heterocycles. The highest BCUT2D eigenvalue weighted by molar-refractivity contribution is 7.80. The van der Waals surface area contributed by atoms with Gasteiger partial charge in [0.15, 0.2) is 0 Å². The predicted octanol–water partition coefficient (Wildman–Crippen LogP) is 4.39. The Hall–Kier alpha value is -2.08. The maximum absolute atomic E-state index is 13.0. The fourth-order valence-electron chi connectivity index (χ4n) is 1.87. The van der Waals surface area contributed by atoms with Crippen LogP contribution in [0.2, 0.25) is 0 Å². The maximum atomic E-state index is 13.0. The summed E-state index contributed by atoms with van der Waals surface area (Å²) in [5.41, 5.74) is 6.43. The first kappa shape index (κ1) is 15.3. The minimum Gasteiger partial charge on any atom is -0.389 e. The van der Waals surface area contributed by atoms with Gasteiger partial charge in [-0.2, -0.15) is 13.2 Å². The van der Waals surface area contributed by atoms with E-state index >= 15 is 0 Å². The van der Waals surface area contributed by atoms with Crippen LogP contribution in [0.3, 0.4) is 0 Å². The highest BCUT2D eigenvalue weighted by atomic mass is 32.1. The topological polar surface area (TPSA) is 38.0 Å². The molecule has 0 unspecified atom stereocenters. The van der Waals surface area contributed by atoms with E-state index in [1.54, 1.807) is 12.1 Å². The zero-order valence-electron chi connectivity index (χ0n) is 11.2. The molecule has 3 N–H and O–H groups in total. The van der Waals surface area contributed by atoms with E-state index in [0.29, 0.717) is 11.4 Å². The molecule has 110 valence electrons. The Kier molecular flexibility index (Phi) is 4.18. The number of aryl methyl sites for hydroxylation is 1. The van der Waals surface area contributed by atoms with Gasteiger partial charge in [0.1, 0.15) is 4.99 Å². The van der Waals surface area contributed by atoms with Crippen LogP contribution in [0.15, 0.2) is 42.5 Å². The first-order valence-corrected chi connectivity index (χ1v) is 6.53. The van der Waals surface area contributed by atoms with Crippen LogP contribution < -0.4 is 11.1 Å². The molecule has 21 heavy (non-hydrogen) atoms. The fraction of sp³-hybridized carbons (Fsp3) is 0.133. The second-order valence-electron chi connectivity index (χ2n) is 4.61. The molecule has 0 aliphatic rings. The van der Waals surface area contributed by atoms with Crippen molar-refractivity contribution < 1.29 is 13.2 Å². The molecule has 0 aliphatic carbocycles. The molecular weight excluding hydrogens is 297 g/mol. The van der Waals surface area contributed by atoms with Crippen molar-refractivity contribution in [2.45, 2.75) is 13.1 Å². The number of hydrogen-bond acceptors (Lipinski definition) is 2. The van der Waals surface area contributed by atoms with Gasteiger partial charge in [0.25, 0.3) is 0 Å². The number of benzene rings is 2. The molecular formula is C15H13F3N2S. The van der Waals surface area contributed by atoms with Gasteiger partial charge in [0.05, 0.1) is 5.56 Å². The van der Waals surface area contributed by atoms with E-state index in [2.05, 4.69) is 17.5 Å². The molecule has 0 aromatic heterocycles. The lowest BCUT2D eigenvalue weighted by molar-refractivity contribution is -0.137. The quantitative estimate of drug-likeness (QED) is 0.826. The molecule has 0 radical (unpaired) electrons. The van der Waals surface area contributed by atoms with Gasteiger partial charge in [-0.05, 0) is 37.3 Å². The zero-order valence-corrected chi connectivity index (χ0v) is 12.0. The summed E-state index contributed by atoms with van der Waals surface area (Å²) in [6.07, 6.45) is -4.51. The summed E-state index contributed by atoms with van der Waals surface area (Å²) in [7, 11) is 0. The van der Waals surface area contributed by atoms with Crippen molar-refractivity contribution in [1.82, 2.24) is 0 Å². The van der Waals surface area contributed by atoms with Crippen molar-refractivity contribution in [2.75, 3.05) is 5.32 Å². The molecule has 0 atom stereocenters. The van der Waals surface area contributed by atoms with Crippen LogP contribution in [0.4, 0.5) is 24.5 Å². The molecule has 0 fully saturated rings. The molecule has 0 amide bonds. The predicted molar refractivity (Wildman–Crippen MR) is 81.8 cm³/mol. The molecule has 0 saturated heterocycles. The monoisotopic (exact) mass is 310 g/mol.